The first kappa shape index (κ1) is 15.7. The van der Waals surface area contributed by atoms with Gasteiger partial charge in [-0.3, -0.25) is 0 Å². The fraction of sp³-hybridized carbons (Fsp3) is 0. The van der Waals surface area contributed by atoms with Crippen molar-refractivity contribution in [3.8, 4) is 0 Å². The van der Waals surface area contributed by atoms with Crippen molar-refractivity contribution in [1.29, 1.82) is 0 Å². The molecule has 2 N–H and O–H groups in total. The molecule has 7 heavy (non-hydrogen) atoms. The summed E-state index contributed by atoms with van der Waals surface area (Å²) in [6.07, 6.45) is -1.83. The number of rotatable bonds is 0. The van der Waals surface area contributed by atoms with E-state index in [1.165, 1.54) is 0 Å². The predicted molar refractivity (Wildman–Crippen MR) is 18.5 cm³/mol. The van der Waals surface area contributed by atoms with Crippen molar-refractivity contribution in [1.82, 2.24) is 0 Å². The van der Waals surface area contributed by atoms with Crippen LogP contribution in [0.25, 0.3) is 0 Å². The number of hydrogen-bond donors (Lipinski definition) is 2. The van der Waals surface area contributed by atoms with Crippen molar-refractivity contribution in [3.63, 3.8) is 0 Å². The van der Waals surface area contributed by atoms with Gasteiger partial charge in [-0.05, 0) is 0 Å². The SMILES string of the molecule is O=C(O)O.[LiH].[O]=[Nb]. The van der Waals surface area contributed by atoms with Gasteiger partial charge in [0, 0.05) is 0 Å². The van der Waals surface area contributed by atoms with E-state index in [2.05, 4.69) is 0 Å². The van der Waals surface area contributed by atoms with Gasteiger partial charge < -0.3 is 10.2 Å². The molecule has 0 aromatic rings. The van der Waals surface area contributed by atoms with Crippen molar-refractivity contribution >= 4 is 25.0 Å². The van der Waals surface area contributed by atoms with E-state index in [1.54, 1.807) is 0 Å². The molecular formula is CH3LiNbO4. The molecule has 0 saturated carbocycles. The molecule has 0 radical (unpaired) electrons. The Labute approximate surface area is 64.3 Å². The topological polar surface area (TPSA) is 74.6 Å². The van der Waals surface area contributed by atoms with Crippen molar-refractivity contribution in [2.24, 2.45) is 0 Å². The fourth-order valence-electron chi connectivity index (χ4n) is 0. The number of carboxylic acid groups (broad SMARTS) is 2. The van der Waals surface area contributed by atoms with Crippen LogP contribution in [0.5, 0.6) is 0 Å². The van der Waals surface area contributed by atoms with Crippen molar-refractivity contribution in [3.05, 3.63) is 0 Å². The Morgan fingerprint density at radius 1 is 1.29 bits per heavy atom. The van der Waals surface area contributed by atoms with Gasteiger partial charge in [-0.15, -0.1) is 0 Å². The van der Waals surface area contributed by atoms with Gasteiger partial charge in [0.1, 0.15) is 0 Å². The third-order valence-electron chi connectivity index (χ3n) is 0. The standard InChI is InChI=1S/CH2O3.Li.Nb.O.H/c2-1(3)4;;;;/h(H2,2,3,4);;;;. The van der Waals surface area contributed by atoms with Crippen LogP contribution >= 0.6 is 0 Å². The Balaban J connectivity index is -0.0000000480. The molecule has 0 amide bonds. The molecule has 4 nitrogen and oxygen atoms in total. The minimum atomic E-state index is -1.83. The van der Waals surface area contributed by atoms with Crippen LogP contribution in [0.1, 0.15) is 0 Å². The van der Waals surface area contributed by atoms with Crippen LogP contribution in [0.2, 0.25) is 0 Å². The summed E-state index contributed by atoms with van der Waals surface area (Å²) in [5.41, 5.74) is 0. The zero-order valence-corrected chi connectivity index (χ0v) is 4.86. The van der Waals surface area contributed by atoms with Crippen molar-refractivity contribution in [2.75, 3.05) is 0 Å². The summed E-state index contributed by atoms with van der Waals surface area (Å²) in [5.74, 6) is 0. The van der Waals surface area contributed by atoms with Crippen molar-refractivity contribution < 1.29 is 39.3 Å². The van der Waals surface area contributed by atoms with Gasteiger partial charge in [0.2, 0.25) is 0 Å². The van der Waals surface area contributed by atoms with E-state index in [9.17, 15) is 0 Å². The molecule has 0 heterocycles. The third kappa shape index (κ3) is 749. The molecule has 0 aliphatic heterocycles. The first-order chi connectivity index (χ1) is 2.73. The number of carbonyl (C=O) groups is 1. The molecule has 6 heteroatoms. The Bertz CT molecular complexity index is 43.0. The first-order valence-electron chi connectivity index (χ1n) is 0.834. The summed E-state index contributed by atoms with van der Waals surface area (Å²) in [5, 5.41) is 13.9. The van der Waals surface area contributed by atoms with E-state index in [1.807, 2.05) is 0 Å². The van der Waals surface area contributed by atoms with Gasteiger partial charge in [0.05, 0.1) is 0 Å². The van der Waals surface area contributed by atoms with Gasteiger partial charge in [0.25, 0.3) is 0 Å². The van der Waals surface area contributed by atoms with E-state index in [0.29, 0.717) is 21.0 Å². The summed E-state index contributed by atoms with van der Waals surface area (Å²) in [4.78, 5) is 8.56. The normalized spacial score (nSPS) is 3.86. The zero-order valence-electron chi connectivity index (χ0n) is 2.66. The molecule has 0 atom stereocenters. The predicted octanol–water partition coefficient (Wildman–Crippen LogP) is -0.547. The van der Waals surface area contributed by atoms with Crippen LogP contribution in [0.4, 0.5) is 4.79 Å². The second-order valence-corrected chi connectivity index (χ2v) is 0.283. The second-order valence-electron chi connectivity index (χ2n) is 0.283. The van der Waals surface area contributed by atoms with Gasteiger partial charge >= 0.3 is 49.3 Å². The molecule has 0 aliphatic carbocycles. The third-order valence-corrected chi connectivity index (χ3v) is 0. The van der Waals surface area contributed by atoms with Crippen LogP contribution in [0.3, 0.4) is 0 Å². The van der Waals surface area contributed by atoms with Crippen LogP contribution < -0.4 is 0 Å². The molecule has 0 aromatic heterocycles. The maximum atomic E-state index is 8.56. The Morgan fingerprint density at radius 2 is 1.29 bits per heavy atom. The molecule has 0 rings (SSSR count). The second kappa shape index (κ2) is 16.1. The van der Waals surface area contributed by atoms with E-state index in [4.69, 9.17) is 18.3 Å². The van der Waals surface area contributed by atoms with E-state index >= 15 is 0 Å². The zero-order chi connectivity index (χ0) is 5.58. The fourth-order valence-corrected chi connectivity index (χ4v) is 0. The first-order valence-corrected chi connectivity index (χ1v) is 1.73. The molecule has 0 unspecified atom stereocenters. The maximum absolute atomic E-state index is 8.56. The van der Waals surface area contributed by atoms with Gasteiger partial charge in [0.15, 0.2) is 0 Å². The molecule has 37 valence electrons. The molecule has 0 bridgehead atoms. The van der Waals surface area contributed by atoms with Gasteiger partial charge in [-0.2, -0.15) is 0 Å². The van der Waals surface area contributed by atoms with Gasteiger partial charge in [-0.1, -0.05) is 0 Å². The Kier molecular flexibility index (Phi) is 36.1. The van der Waals surface area contributed by atoms with Gasteiger partial charge in [-0.25, -0.2) is 4.79 Å². The van der Waals surface area contributed by atoms with E-state index < -0.39 is 6.16 Å². The van der Waals surface area contributed by atoms with Crippen molar-refractivity contribution in [2.45, 2.75) is 0 Å². The molecule has 0 spiro atoms. The average Bonchev–Trinajstić information content (AvgIpc) is 1.41. The van der Waals surface area contributed by atoms with Crippen LogP contribution in [-0.4, -0.2) is 35.2 Å². The summed E-state index contributed by atoms with van der Waals surface area (Å²) in [7, 11) is 0. The average molecular weight is 179 g/mol. The molecule has 0 fully saturated rings. The summed E-state index contributed by atoms with van der Waals surface area (Å²) in [6.45, 7) is 0. The van der Waals surface area contributed by atoms with E-state index in [0.717, 1.165) is 0 Å². The molecular weight excluding hydrogens is 176 g/mol. The van der Waals surface area contributed by atoms with E-state index in [-0.39, 0.29) is 18.9 Å². The minimum absolute atomic E-state index is 0. The molecule has 0 aromatic carbocycles. The summed E-state index contributed by atoms with van der Waals surface area (Å²) >= 11 is 0.500. The molecule has 0 aliphatic rings. The Hall–Kier alpha value is 0.408. The van der Waals surface area contributed by atoms with Crippen LogP contribution in [-0.2, 0) is 24.3 Å². The monoisotopic (exact) mass is 179 g/mol. The summed E-state index contributed by atoms with van der Waals surface area (Å²) < 4.78 is 8.30. The van der Waals surface area contributed by atoms with Crippen LogP contribution in [0, 0.1) is 0 Å². The summed E-state index contributed by atoms with van der Waals surface area (Å²) in [6, 6.07) is 0. The molecule has 0 saturated heterocycles. The Morgan fingerprint density at radius 3 is 1.29 bits per heavy atom. The number of hydrogen-bond acceptors (Lipinski definition) is 2. The van der Waals surface area contributed by atoms with Crippen LogP contribution in [0.15, 0.2) is 0 Å². The quantitative estimate of drug-likeness (QED) is 0.489.